The third-order valence-corrected chi connectivity index (χ3v) is 3.79. The van der Waals surface area contributed by atoms with E-state index in [9.17, 15) is 0 Å². The lowest BCUT2D eigenvalue weighted by Gasteiger charge is -2.08. The van der Waals surface area contributed by atoms with Gasteiger partial charge in [-0.1, -0.05) is 17.3 Å². The number of nitrogens with zero attached hydrogens (tertiary/aromatic N) is 5. The van der Waals surface area contributed by atoms with E-state index in [1.165, 1.54) is 7.11 Å². The molecule has 0 saturated carbocycles. The van der Waals surface area contributed by atoms with Gasteiger partial charge in [-0.05, 0) is 35.9 Å². The number of fused-ring (bicyclic) bond motifs is 1. The van der Waals surface area contributed by atoms with Gasteiger partial charge in [-0.25, -0.2) is 9.97 Å². The quantitative estimate of drug-likeness (QED) is 0.429. The Morgan fingerprint density at radius 3 is 2.83 bits per heavy atom. The van der Waals surface area contributed by atoms with Crippen LogP contribution in [0.25, 0.3) is 22.4 Å². The summed E-state index contributed by atoms with van der Waals surface area (Å²) < 4.78 is 4.04. The van der Waals surface area contributed by atoms with E-state index in [-0.39, 0.29) is 0 Å². The van der Waals surface area contributed by atoms with Gasteiger partial charge in [-0.3, -0.25) is 4.57 Å². The van der Waals surface area contributed by atoms with Crippen LogP contribution in [0.5, 0.6) is 0 Å². The minimum Gasteiger partial charge on any atom is -0.399 e. The van der Waals surface area contributed by atoms with Crippen LogP contribution in [0.3, 0.4) is 0 Å². The van der Waals surface area contributed by atoms with Crippen molar-refractivity contribution >= 4 is 17.2 Å². The van der Waals surface area contributed by atoms with Crippen molar-refractivity contribution in [1.29, 1.82) is 0 Å². The molecule has 0 aliphatic rings. The van der Waals surface area contributed by atoms with Gasteiger partial charge in [0.15, 0.2) is 0 Å². The number of oxime groups is 1. The summed E-state index contributed by atoms with van der Waals surface area (Å²) in [7, 11) is 1.52. The third kappa shape index (κ3) is 2.54. The summed E-state index contributed by atoms with van der Waals surface area (Å²) in [6, 6.07) is 14.2. The molecule has 118 valence electrons. The average Bonchev–Trinajstić information content (AvgIpc) is 3.29. The van der Waals surface area contributed by atoms with E-state index in [1.807, 2.05) is 47.4 Å². The molecule has 0 amide bonds. The fourth-order valence-corrected chi connectivity index (χ4v) is 2.64. The van der Waals surface area contributed by atoms with Crippen LogP contribution < -0.4 is 0 Å². The van der Waals surface area contributed by atoms with Gasteiger partial charge < -0.3 is 9.40 Å². The fourth-order valence-electron chi connectivity index (χ4n) is 2.64. The topological polar surface area (TPSA) is 57.2 Å². The molecule has 0 spiro atoms. The van der Waals surface area contributed by atoms with Gasteiger partial charge in [0.1, 0.15) is 13.4 Å². The number of hydrogen-bond donors (Lipinski definition) is 0. The zero-order valence-electron chi connectivity index (χ0n) is 13.1. The number of aromatic nitrogens is 4. The minimum atomic E-state index is 0.906. The Balaban J connectivity index is 1.77. The van der Waals surface area contributed by atoms with Crippen molar-refractivity contribution in [2.45, 2.75) is 0 Å². The van der Waals surface area contributed by atoms with Crippen molar-refractivity contribution in [3.05, 3.63) is 73.1 Å². The second-order valence-corrected chi connectivity index (χ2v) is 5.27. The molecule has 0 radical (unpaired) electrons. The normalized spacial score (nSPS) is 11.4. The van der Waals surface area contributed by atoms with E-state index in [1.54, 1.807) is 18.7 Å². The monoisotopic (exact) mass is 317 g/mol. The van der Waals surface area contributed by atoms with Crippen LogP contribution in [-0.4, -0.2) is 32.4 Å². The molecule has 24 heavy (non-hydrogen) atoms. The van der Waals surface area contributed by atoms with E-state index in [2.05, 4.69) is 31.8 Å². The molecule has 0 saturated heterocycles. The van der Waals surface area contributed by atoms with Gasteiger partial charge in [0.2, 0.25) is 0 Å². The second kappa shape index (κ2) is 6.00. The second-order valence-electron chi connectivity index (χ2n) is 5.27. The third-order valence-electron chi connectivity index (χ3n) is 3.79. The van der Waals surface area contributed by atoms with Crippen molar-refractivity contribution in [1.82, 2.24) is 19.1 Å². The lowest BCUT2D eigenvalue weighted by atomic mass is 10.2. The smallest absolute Gasteiger partial charge is 0.106 e. The first-order valence-electron chi connectivity index (χ1n) is 7.47. The van der Waals surface area contributed by atoms with Crippen LogP contribution in [-0.2, 0) is 4.84 Å². The Bertz CT molecular complexity index is 1000. The standard InChI is InChI=1S/C18H15N5O/c1-24-21-11-14-5-6-18-17(9-14)20-13-23(18)16-4-2-3-15(10-16)22-8-7-19-12-22/h2-13H,1H3. The highest BCUT2D eigenvalue weighted by Crippen LogP contribution is 2.21. The highest BCUT2D eigenvalue weighted by molar-refractivity contribution is 5.87. The van der Waals surface area contributed by atoms with Crippen molar-refractivity contribution in [2.75, 3.05) is 7.11 Å². The molecule has 6 nitrogen and oxygen atoms in total. The van der Waals surface area contributed by atoms with Crippen molar-refractivity contribution in [2.24, 2.45) is 5.16 Å². The lowest BCUT2D eigenvalue weighted by molar-refractivity contribution is 0.215. The fraction of sp³-hybridized carbons (Fsp3) is 0.0556. The van der Waals surface area contributed by atoms with E-state index in [0.29, 0.717) is 0 Å². The van der Waals surface area contributed by atoms with E-state index in [0.717, 1.165) is 28.0 Å². The maximum Gasteiger partial charge on any atom is 0.106 e. The van der Waals surface area contributed by atoms with E-state index < -0.39 is 0 Å². The summed E-state index contributed by atoms with van der Waals surface area (Å²) in [5.74, 6) is 0. The van der Waals surface area contributed by atoms with E-state index in [4.69, 9.17) is 4.84 Å². The molecule has 0 aliphatic heterocycles. The van der Waals surface area contributed by atoms with E-state index >= 15 is 0 Å². The maximum absolute atomic E-state index is 4.72. The molecule has 0 atom stereocenters. The number of imidazole rings is 2. The van der Waals surface area contributed by atoms with Crippen LogP contribution in [0.4, 0.5) is 0 Å². The first-order valence-corrected chi connectivity index (χ1v) is 7.47. The van der Waals surface area contributed by atoms with Crippen LogP contribution >= 0.6 is 0 Å². The van der Waals surface area contributed by atoms with Crippen LogP contribution in [0.15, 0.2) is 72.7 Å². The highest BCUT2D eigenvalue weighted by Gasteiger charge is 2.06. The molecular weight excluding hydrogens is 302 g/mol. The summed E-state index contributed by atoms with van der Waals surface area (Å²) in [6.45, 7) is 0. The number of rotatable bonds is 4. The number of benzene rings is 2. The summed E-state index contributed by atoms with van der Waals surface area (Å²) in [5, 5.41) is 3.79. The Morgan fingerprint density at radius 1 is 1.08 bits per heavy atom. The zero-order valence-corrected chi connectivity index (χ0v) is 13.1. The Labute approximate surface area is 138 Å². The molecule has 0 N–H and O–H groups in total. The molecule has 0 aliphatic carbocycles. The summed E-state index contributed by atoms with van der Waals surface area (Å²) in [4.78, 5) is 13.3. The molecule has 2 aromatic heterocycles. The predicted molar refractivity (Wildman–Crippen MR) is 92.8 cm³/mol. The SMILES string of the molecule is CON=Cc1ccc2c(c1)ncn2-c1cccc(-n2ccnc2)c1. The molecule has 2 aromatic carbocycles. The first-order chi connectivity index (χ1) is 11.8. The molecular formula is C18H15N5O. The maximum atomic E-state index is 4.72. The van der Waals surface area contributed by atoms with Gasteiger partial charge >= 0.3 is 0 Å². The minimum absolute atomic E-state index is 0.906. The van der Waals surface area contributed by atoms with Crippen LogP contribution in [0.2, 0.25) is 0 Å². The lowest BCUT2D eigenvalue weighted by Crippen LogP contribution is -1.96. The molecule has 0 unspecified atom stereocenters. The molecule has 0 fully saturated rings. The summed E-state index contributed by atoms with van der Waals surface area (Å²) >= 11 is 0. The van der Waals surface area contributed by atoms with Crippen LogP contribution in [0, 0.1) is 0 Å². The first kappa shape index (κ1) is 14.2. The molecule has 0 bridgehead atoms. The molecule has 2 heterocycles. The van der Waals surface area contributed by atoms with Crippen molar-refractivity contribution in [3.8, 4) is 11.4 Å². The Morgan fingerprint density at radius 2 is 2.00 bits per heavy atom. The van der Waals surface area contributed by atoms with Gasteiger partial charge in [0.25, 0.3) is 0 Å². The highest BCUT2D eigenvalue weighted by atomic mass is 16.6. The van der Waals surface area contributed by atoms with Gasteiger partial charge in [0, 0.05) is 23.8 Å². The Kier molecular flexibility index (Phi) is 3.55. The molecule has 4 rings (SSSR count). The van der Waals surface area contributed by atoms with Crippen molar-refractivity contribution in [3.63, 3.8) is 0 Å². The van der Waals surface area contributed by atoms with Gasteiger partial charge in [-0.2, -0.15) is 0 Å². The summed E-state index contributed by atoms with van der Waals surface area (Å²) in [6.07, 6.45) is 8.97. The predicted octanol–water partition coefficient (Wildman–Crippen LogP) is 3.19. The largest absolute Gasteiger partial charge is 0.399 e. The van der Waals surface area contributed by atoms with Gasteiger partial charge in [-0.15, -0.1) is 0 Å². The summed E-state index contributed by atoms with van der Waals surface area (Å²) in [5.41, 5.74) is 4.98. The van der Waals surface area contributed by atoms with Crippen LogP contribution in [0.1, 0.15) is 5.56 Å². The molecule has 6 heteroatoms. The molecule has 4 aromatic rings. The van der Waals surface area contributed by atoms with Crippen molar-refractivity contribution < 1.29 is 4.84 Å². The zero-order chi connectivity index (χ0) is 16.4. The average molecular weight is 317 g/mol. The number of hydrogen-bond acceptors (Lipinski definition) is 4. The Hall–Kier alpha value is -3.41. The van der Waals surface area contributed by atoms with Gasteiger partial charge in [0.05, 0.1) is 23.6 Å².